The molecule has 0 radical (unpaired) electrons. The standard InChI is InChI=1S/C29H41N5O4/c1-6-7-22-16-21(4)31-28(35)25(22)19-30-29(36)38-27-18-23(17-26-24(27)8-9-34(26)20(2)3)37-15-14-33-12-10-32(5)11-13-33/h8-9,16-18,20H,6-7,10-15,19H2,1-5H3,(H,30,36)(H,31,35). The van der Waals surface area contributed by atoms with Gasteiger partial charge in [-0.05, 0) is 51.9 Å². The molecule has 38 heavy (non-hydrogen) atoms. The third-order valence-electron chi connectivity index (χ3n) is 7.10. The monoisotopic (exact) mass is 523 g/mol. The van der Waals surface area contributed by atoms with Crippen LogP contribution in [0, 0.1) is 6.92 Å². The van der Waals surface area contributed by atoms with Gasteiger partial charge in [0.1, 0.15) is 18.1 Å². The number of pyridine rings is 1. The molecule has 2 aromatic heterocycles. The third kappa shape index (κ3) is 6.76. The summed E-state index contributed by atoms with van der Waals surface area (Å²) in [6.45, 7) is 13.9. The zero-order valence-corrected chi connectivity index (χ0v) is 23.3. The molecule has 0 atom stereocenters. The van der Waals surface area contributed by atoms with E-state index < -0.39 is 6.09 Å². The molecular weight excluding hydrogens is 482 g/mol. The summed E-state index contributed by atoms with van der Waals surface area (Å²) >= 11 is 0. The second-order valence-electron chi connectivity index (χ2n) is 10.4. The molecule has 3 heterocycles. The molecule has 1 amide bonds. The number of hydrogen-bond acceptors (Lipinski definition) is 6. The number of aromatic nitrogens is 2. The number of amides is 1. The van der Waals surface area contributed by atoms with E-state index in [4.69, 9.17) is 9.47 Å². The maximum absolute atomic E-state index is 12.9. The highest BCUT2D eigenvalue weighted by atomic mass is 16.6. The first-order valence-electron chi connectivity index (χ1n) is 13.6. The molecule has 1 aliphatic heterocycles. The number of aryl methyl sites for hydroxylation is 2. The normalized spacial score (nSPS) is 14.8. The smallest absolute Gasteiger partial charge is 0.412 e. The lowest BCUT2D eigenvalue weighted by molar-refractivity contribution is 0.133. The summed E-state index contributed by atoms with van der Waals surface area (Å²) in [7, 11) is 2.15. The van der Waals surface area contributed by atoms with Crippen molar-refractivity contribution in [2.75, 3.05) is 46.4 Å². The van der Waals surface area contributed by atoms with Crippen LogP contribution in [-0.2, 0) is 13.0 Å². The Morgan fingerprint density at radius 2 is 1.92 bits per heavy atom. The molecule has 206 valence electrons. The zero-order chi connectivity index (χ0) is 27.2. The van der Waals surface area contributed by atoms with Gasteiger partial charge < -0.3 is 29.2 Å². The number of nitrogens with one attached hydrogen (secondary N) is 2. The van der Waals surface area contributed by atoms with E-state index in [2.05, 4.69) is 52.5 Å². The molecule has 1 aliphatic rings. The fraction of sp³-hybridized carbons (Fsp3) is 0.517. The highest BCUT2D eigenvalue weighted by Crippen LogP contribution is 2.34. The molecule has 9 heteroatoms. The fourth-order valence-corrected chi connectivity index (χ4v) is 4.95. The van der Waals surface area contributed by atoms with Crippen molar-refractivity contribution in [2.45, 2.75) is 53.1 Å². The number of likely N-dealkylation sites (N-methyl/N-ethyl adjacent to an activating group) is 1. The summed E-state index contributed by atoms with van der Waals surface area (Å²) in [5, 5.41) is 3.60. The molecule has 0 aliphatic carbocycles. The van der Waals surface area contributed by atoms with Gasteiger partial charge in [0.15, 0.2) is 0 Å². The Labute approximate surface area is 224 Å². The summed E-state index contributed by atoms with van der Waals surface area (Å²) in [4.78, 5) is 33.0. The lowest BCUT2D eigenvalue weighted by Gasteiger charge is -2.32. The Morgan fingerprint density at radius 3 is 2.63 bits per heavy atom. The minimum Gasteiger partial charge on any atom is -0.492 e. The van der Waals surface area contributed by atoms with Crippen LogP contribution >= 0.6 is 0 Å². The topological polar surface area (TPSA) is 91.8 Å². The molecule has 0 spiro atoms. The number of carbonyl (C=O) groups excluding carboxylic acids is 1. The van der Waals surface area contributed by atoms with Crippen molar-refractivity contribution in [1.82, 2.24) is 24.7 Å². The first kappa shape index (κ1) is 27.7. The van der Waals surface area contributed by atoms with Crippen LogP contribution in [0.25, 0.3) is 10.9 Å². The van der Waals surface area contributed by atoms with Crippen LogP contribution in [0.5, 0.6) is 11.5 Å². The predicted octanol–water partition coefficient (Wildman–Crippen LogP) is 4.09. The van der Waals surface area contributed by atoms with Gasteiger partial charge in [0, 0.05) is 73.7 Å². The van der Waals surface area contributed by atoms with Gasteiger partial charge in [0.25, 0.3) is 5.56 Å². The molecule has 2 N–H and O–H groups in total. The second kappa shape index (κ2) is 12.5. The van der Waals surface area contributed by atoms with Crippen LogP contribution in [0.1, 0.15) is 50.1 Å². The minimum atomic E-state index is -0.611. The van der Waals surface area contributed by atoms with Crippen molar-refractivity contribution in [3.05, 3.63) is 57.6 Å². The quantitative estimate of drug-likeness (QED) is 0.416. The second-order valence-corrected chi connectivity index (χ2v) is 10.4. The first-order valence-corrected chi connectivity index (χ1v) is 13.6. The minimum absolute atomic E-state index is 0.0984. The van der Waals surface area contributed by atoms with Crippen LogP contribution in [0.15, 0.2) is 35.3 Å². The molecule has 0 unspecified atom stereocenters. The SMILES string of the molecule is CCCc1cc(C)[nH]c(=O)c1CNC(=O)Oc1cc(OCCN2CCN(C)CC2)cc2c1ccn2C(C)C. The third-order valence-corrected chi connectivity index (χ3v) is 7.10. The Hall–Kier alpha value is -3.30. The van der Waals surface area contributed by atoms with E-state index in [0.29, 0.717) is 23.7 Å². The number of nitrogens with zero attached hydrogens (tertiary/aromatic N) is 3. The molecule has 0 bridgehead atoms. The number of carbonyl (C=O) groups is 1. The van der Waals surface area contributed by atoms with Crippen molar-refractivity contribution < 1.29 is 14.3 Å². The Balaban J connectivity index is 1.48. The lowest BCUT2D eigenvalue weighted by atomic mass is 10.0. The highest BCUT2D eigenvalue weighted by Gasteiger charge is 2.17. The molecule has 9 nitrogen and oxygen atoms in total. The Morgan fingerprint density at radius 1 is 1.16 bits per heavy atom. The number of piperazine rings is 1. The van der Waals surface area contributed by atoms with Gasteiger partial charge in [0.05, 0.1) is 12.1 Å². The Kier molecular flexibility index (Phi) is 9.12. The van der Waals surface area contributed by atoms with E-state index in [1.807, 2.05) is 31.3 Å². The number of hydrogen-bond donors (Lipinski definition) is 2. The molecule has 1 aromatic carbocycles. The van der Waals surface area contributed by atoms with Crippen LogP contribution < -0.4 is 20.3 Å². The van der Waals surface area contributed by atoms with Gasteiger partial charge >= 0.3 is 6.09 Å². The molecule has 0 saturated carbocycles. The van der Waals surface area contributed by atoms with Crippen LogP contribution in [-0.4, -0.2) is 71.8 Å². The van der Waals surface area contributed by atoms with E-state index in [-0.39, 0.29) is 18.1 Å². The summed E-state index contributed by atoms with van der Waals surface area (Å²) in [6.07, 6.45) is 3.07. The molecule has 1 fully saturated rings. The van der Waals surface area contributed by atoms with Crippen molar-refractivity contribution in [3.8, 4) is 11.5 Å². The van der Waals surface area contributed by atoms with Crippen LogP contribution in [0.4, 0.5) is 4.79 Å². The molecular formula is C29H41N5O4. The summed E-state index contributed by atoms with van der Waals surface area (Å²) < 4.78 is 14.1. The first-order chi connectivity index (χ1) is 18.2. The van der Waals surface area contributed by atoms with Gasteiger partial charge in [-0.2, -0.15) is 0 Å². The van der Waals surface area contributed by atoms with Gasteiger partial charge in [-0.25, -0.2) is 4.79 Å². The van der Waals surface area contributed by atoms with Crippen LogP contribution in [0.3, 0.4) is 0 Å². The maximum Gasteiger partial charge on any atom is 0.412 e. The van der Waals surface area contributed by atoms with E-state index in [9.17, 15) is 9.59 Å². The number of rotatable bonds is 10. The number of fused-ring (bicyclic) bond motifs is 1. The Bertz CT molecular complexity index is 1300. The number of ether oxygens (including phenoxy) is 2. The zero-order valence-electron chi connectivity index (χ0n) is 23.3. The van der Waals surface area contributed by atoms with E-state index in [0.717, 1.165) is 67.7 Å². The van der Waals surface area contributed by atoms with Crippen molar-refractivity contribution in [2.24, 2.45) is 0 Å². The van der Waals surface area contributed by atoms with Gasteiger partial charge in [0.2, 0.25) is 0 Å². The van der Waals surface area contributed by atoms with Crippen molar-refractivity contribution in [3.63, 3.8) is 0 Å². The number of benzene rings is 1. The average Bonchev–Trinajstić information content (AvgIpc) is 3.29. The van der Waals surface area contributed by atoms with Gasteiger partial charge in [-0.3, -0.25) is 9.69 Å². The number of aromatic amines is 1. The maximum atomic E-state index is 12.9. The summed E-state index contributed by atoms with van der Waals surface area (Å²) in [5.41, 5.74) is 3.08. The van der Waals surface area contributed by atoms with E-state index >= 15 is 0 Å². The van der Waals surface area contributed by atoms with E-state index in [1.54, 1.807) is 6.07 Å². The number of H-pyrrole nitrogens is 1. The lowest BCUT2D eigenvalue weighted by Crippen LogP contribution is -2.45. The average molecular weight is 524 g/mol. The largest absolute Gasteiger partial charge is 0.492 e. The van der Waals surface area contributed by atoms with Crippen molar-refractivity contribution >= 4 is 17.0 Å². The molecule has 3 aromatic rings. The molecule has 4 rings (SSSR count). The summed E-state index contributed by atoms with van der Waals surface area (Å²) in [6, 6.07) is 7.94. The fourth-order valence-electron chi connectivity index (χ4n) is 4.95. The van der Waals surface area contributed by atoms with E-state index in [1.165, 1.54) is 0 Å². The summed E-state index contributed by atoms with van der Waals surface area (Å²) in [5.74, 6) is 1.09. The molecule has 1 saturated heterocycles. The van der Waals surface area contributed by atoms with Crippen molar-refractivity contribution in [1.29, 1.82) is 0 Å². The predicted molar refractivity (Wildman–Crippen MR) is 150 cm³/mol. The highest BCUT2D eigenvalue weighted by molar-refractivity contribution is 5.90. The van der Waals surface area contributed by atoms with Crippen LogP contribution in [0.2, 0.25) is 0 Å². The van der Waals surface area contributed by atoms with Gasteiger partial charge in [-0.15, -0.1) is 0 Å². The van der Waals surface area contributed by atoms with Gasteiger partial charge in [-0.1, -0.05) is 13.3 Å².